The number of aliphatic hydroxyl groups is 1. The van der Waals surface area contributed by atoms with Crippen LogP contribution in [0.2, 0.25) is 0 Å². The van der Waals surface area contributed by atoms with Crippen LogP contribution in [-0.2, 0) is 4.74 Å². The van der Waals surface area contributed by atoms with Crippen molar-refractivity contribution >= 4 is 0 Å². The number of hydrogen-bond acceptors (Lipinski definition) is 2. The highest BCUT2D eigenvalue weighted by atomic mass is 16.5. The Balaban J connectivity index is 1.68. The van der Waals surface area contributed by atoms with Crippen molar-refractivity contribution in [1.82, 2.24) is 0 Å². The molecule has 2 heteroatoms. The SMILES string of the molecule is OC1CCC(OC2CCCCC2)CC1. The zero-order valence-electron chi connectivity index (χ0n) is 8.95. The molecule has 2 nitrogen and oxygen atoms in total. The Labute approximate surface area is 86.6 Å². The van der Waals surface area contributed by atoms with Gasteiger partial charge in [-0.25, -0.2) is 0 Å². The van der Waals surface area contributed by atoms with E-state index < -0.39 is 0 Å². The number of ether oxygens (including phenoxy) is 1. The molecule has 2 aliphatic rings. The number of hydrogen-bond donors (Lipinski definition) is 1. The topological polar surface area (TPSA) is 29.5 Å². The highest BCUT2D eigenvalue weighted by Gasteiger charge is 2.23. The molecular formula is C12H22O2. The highest BCUT2D eigenvalue weighted by Crippen LogP contribution is 2.27. The molecule has 0 spiro atoms. The lowest BCUT2D eigenvalue weighted by Gasteiger charge is -2.31. The monoisotopic (exact) mass is 198 g/mol. The Hall–Kier alpha value is -0.0800. The molecule has 2 saturated carbocycles. The maximum atomic E-state index is 9.38. The smallest absolute Gasteiger partial charge is 0.0580 e. The van der Waals surface area contributed by atoms with E-state index in [2.05, 4.69) is 0 Å². The molecule has 0 aliphatic heterocycles. The third kappa shape index (κ3) is 2.96. The molecule has 0 aromatic rings. The van der Waals surface area contributed by atoms with Crippen LogP contribution in [0.3, 0.4) is 0 Å². The van der Waals surface area contributed by atoms with E-state index >= 15 is 0 Å². The summed E-state index contributed by atoms with van der Waals surface area (Å²) in [6, 6.07) is 0. The van der Waals surface area contributed by atoms with Crippen LogP contribution in [0.5, 0.6) is 0 Å². The Kier molecular flexibility index (Phi) is 3.82. The largest absolute Gasteiger partial charge is 0.393 e. The third-order valence-electron chi connectivity index (χ3n) is 3.58. The first-order chi connectivity index (χ1) is 6.84. The standard InChI is InChI=1S/C12H22O2/c13-10-6-8-12(9-7-10)14-11-4-2-1-3-5-11/h10-13H,1-9H2. The lowest BCUT2D eigenvalue weighted by atomic mass is 9.93. The van der Waals surface area contributed by atoms with Crippen LogP contribution in [0, 0.1) is 0 Å². The summed E-state index contributed by atoms with van der Waals surface area (Å²) in [4.78, 5) is 0. The zero-order chi connectivity index (χ0) is 9.80. The zero-order valence-corrected chi connectivity index (χ0v) is 8.95. The Morgan fingerprint density at radius 1 is 0.714 bits per heavy atom. The fourth-order valence-electron chi connectivity index (χ4n) is 2.65. The molecule has 0 saturated heterocycles. The summed E-state index contributed by atoms with van der Waals surface area (Å²) in [5, 5.41) is 9.38. The lowest BCUT2D eigenvalue weighted by molar-refractivity contribution is -0.0601. The summed E-state index contributed by atoms with van der Waals surface area (Å²) in [5.41, 5.74) is 0. The Morgan fingerprint density at radius 3 is 1.93 bits per heavy atom. The van der Waals surface area contributed by atoms with E-state index in [1.807, 2.05) is 0 Å². The maximum absolute atomic E-state index is 9.38. The van der Waals surface area contributed by atoms with Crippen molar-refractivity contribution < 1.29 is 9.84 Å². The number of rotatable bonds is 2. The van der Waals surface area contributed by atoms with E-state index in [1.54, 1.807) is 0 Å². The minimum Gasteiger partial charge on any atom is -0.393 e. The van der Waals surface area contributed by atoms with Crippen LogP contribution >= 0.6 is 0 Å². The molecule has 14 heavy (non-hydrogen) atoms. The second-order valence-electron chi connectivity index (χ2n) is 4.83. The van der Waals surface area contributed by atoms with Gasteiger partial charge in [-0.05, 0) is 38.5 Å². The second kappa shape index (κ2) is 5.13. The predicted molar refractivity (Wildman–Crippen MR) is 56.2 cm³/mol. The van der Waals surface area contributed by atoms with Gasteiger partial charge in [-0.1, -0.05) is 19.3 Å². The molecule has 0 amide bonds. The summed E-state index contributed by atoms with van der Waals surface area (Å²) in [5.74, 6) is 0. The van der Waals surface area contributed by atoms with Crippen molar-refractivity contribution in [2.45, 2.75) is 76.1 Å². The molecule has 0 heterocycles. The predicted octanol–water partition coefficient (Wildman–Crippen LogP) is 2.64. The van der Waals surface area contributed by atoms with E-state index in [9.17, 15) is 5.11 Å². The molecule has 0 bridgehead atoms. The molecule has 0 atom stereocenters. The van der Waals surface area contributed by atoms with Gasteiger partial charge in [0.25, 0.3) is 0 Å². The van der Waals surface area contributed by atoms with Gasteiger partial charge in [0.15, 0.2) is 0 Å². The van der Waals surface area contributed by atoms with Gasteiger partial charge in [0.05, 0.1) is 18.3 Å². The lowest BCUT2D eigenvalue weighted by Crippen LogP contribution is -2.29. The van der Waals surface area contributed by atoms with E-state index in [0.29, 0.717) is 12.2 Å². The molecule has 2 aliphatic carbocycles. The molecule has 1 N–H and O–H groups in total. The van der Waals surface area contributed by atoms with Crippen LogP contribution < -0.4 is 0 Å². The molecule has 0 aromatic heterocycles. The van der Waals surface area contributed by atoms with Gasteiger partial charge in [-0.2, -0.15) is 0 Å². The molecule has 82 valence electrons. The summed E-state index contributed by atoms with van der Waals surface area (Å²) in [7, 11) is 0. The van der Waals surface area contributed by atoms with Crippen LogP contribution in [0.4, 0.5) is 0 Å². The number of aliphatic hydroxyl groups excluding tert-OH is 1. The van der Waals surface area contributed by atoms with Crippen LogP contribution in [-0.4, -0.2) is 23.4 Å². The first-order valence-electron chi connectivity index (χ1n) is 6.18. The quantitative estimate of drug-likeness (QED) is 0.739. The Bertz CT molecular complexity index is 156. The van der Waals surface area contributed by atoms with Crippen molar-refractivity contribution in [3.8, 4) is 0 Å². The van der Waals surface area contributed by atoms with Gasteiger partial charge in [0.1, 0.15) is 0 Å². The molecular weight excluding hydrogens is 176 g/mol. The fraction of sp³-hybridized carbons (Fsp3) is 1.00. The molecule has 2 rings (SSSR count). The van der Waals surface area contributed by atoms with Crippen LogP contribution in [0.25, 0.3) is 0 Å². The third-order valence-corrected chi connectivity index (χ3v) is 3.58. The summed E-state index contributed by atoms with van der Waals surface area (Å²) in [6.07, 6.45) is 11.6. The molecule has 2 fully saturated rings. The van der Waals surface area contributed by atoms with Crippen LogP contribution in [0.15, 0.2) is 0 Å². The van der Waals surface area contributed by atoms with Crippen molar-refractivity contribution in [2.75, 3.05) is 0 Å². The molecule has 0 radical (unpaired) electrons. The maximum Gasteiger partial charge on any atom is 0.0580 e. The van der Waals surface area contributed by atoms with Crippen molar-refractivity contribution in [2.24, 2.45) is 0 Å². The first-order valence-corrected chi connectivity index (χ1v) is 6.18. The summed E-state index contributed by atoms with van der Waals surface area (Å²) in [6.45, 7) is 0. The van der Waals surface area contributed by atoms with Crippen molar-refractivity contribution in [3.63, 3.8) is 0 Å². The van der Waals surface area contributed by atoms with Crippen molar-refractivity contribution in [3.05, 3.63) is 0 Å². The van der Waals surface area contributed by atoms with Gasteiger partial charge < -0.3 is 9.84 Å². The van der Waals surface area contributed by atoms with E-state index in [-0.39, 0.29) is 6.10 Å². The van der Waals surface area contributed by atoms with Gasteiger partial charge >= 0.3 is 0 Å². The van der Waals surface area contributed by atoms with E-state index in [4.69, 9.17) is 4.74 Å². The fourth-order valence-corrected chi connectivity index (χ4v) is 2.65. The highest BCUT2D eigenvalue weighted by molar-refractivity contribution is 4.74. The normalized spacial score (nSPS) is 35.8. The van der Waals surface area contributed by atoms with Gasteiger partial charge in [-0.15, -0.1) is 0 Å². The van der Waals surface area contributed by atoms with E-state index in [0.717, 1.165) is 25.7 Å². The molecule has 0 unspecified atom stereocenters. The minimum atomic E-state index is -0.0544. The minimum absolute atomic E-state index is 0.0544. The second-order valence-corrected chi connectivity index (χ2v) is 4.83. The molecule has 0 aromatic carbocycles. The summed E-state index contributed by atoms with van der Waals surface area (Å²) >= 11 is 0. The van der Waals surface area contributed by atoms with Gasteiger partial charge in [0, 0.05) is 0 Å². The van der Waals surface area contributed by atoms with Gasteiger partial charge in [-0.3, -0.25) is 0 Å². The summed E-state index contributed by atoms with van der Waals surface area (Å²) < 4.78 is 6.07. The average Bonchev–Trinajstić information content (AvgIpc) is 2.23. The average molecular weight is 198 g/mol. The van der Waals surface area contributed by atoms with Crippen molar-refractivity contribution in [1.29, 1.82) is 0 Å². The van der Waals surface area contributed by atoms with Crippen LogP contribution in [0.1, 0.15) is 57.8 Å². The Morgan fingerprint density at radius 2 is 1.29 bits per heavy atom. The van der Waals surface area contributed by atoms with Gasteiger partial charge in [0.2, 0.25) is 0 Å². The van der Waals surface area contributed by atoms with E-state index in [1.165, 1.54) is 32.1 Å². The first kappa shape index (κ1) is 10.4.